The molecule has 4 aromatic rings. The molecule has 1 unspecified atom stereocenters. The Labute approximate surface area is 229 Å². The number of nitrogens with one attached hydrogen (secondary N) is 2. The molecule has 39 heavy (non-hydrogen) atoms. The average Bonchev–Trinajstić information content (AvgIpc) is 3.42. The van der Waals surface area contributed by atoms with Crippen LogP contribution in [0.15, 0.2) is 72.8 Å². The Morgan fingerprint density at radius 1 is 1.00 bits per heavy atom. The molecule has 0 spiro atoms. The maximum Gasteiger partial charge on any atom is 0.251 e. The van der Waals surface area contributed by atoms with Crippen LogP contribution >= 0.6 is 0 Å². The first-order chi connectivity index (χ1) is 19.1. The van der Waals surface area contributed by atoms with E-state index in [0.29, 0.717) is 11.5 Å². The van der Waals surface area contributed by atoms with E-state index in [0.717, 1.165) is 85.5 Å². The number of carbonyl (C=O) groups excluding carboxylic acids is 1. The summed E-state index contributed by atoms with van der Waals surface area (Å²) < 4.78 is 11.8. The third kappa shape index (κ3) is 5.84. The maximum atomic E-state index is 13.5. The predicted molar refractivity (Wildman–Crippen MR) is 153 cm³/mol. The van der Waals surface area contributed by atoms with E-state index in [1.54, 1.807) is 0 Å². The number of likely N-dealkylation sites (tertiary alicyclic amines) is 1. The van der Waals surface area contributed by atoms with Crippen LogP contribution in [0.4, 0.5) is 0 Å². The van der Waals surface area contributed by atoms with Gasteiger partial charge in [-0.2, -0.15) is 5.10 Å². The van der Waals surface area contributed by atoms with Crippen molar-refractivity contribution in [3.63, 3.8) is 0 Å². The summed E-state index contributed by atoms with van der Waals surface area (Å²) in [6.07, 6.45) is 4.23. The van der Waals surface area contributed by atoms with Gasteiger partial charge in [0.2, 0.25) is 0 Å². The highest BCUT2D eigenvalue weighted by Gasteiger charge is 2.27. The van der Waals surface area contributed by atoms with E-state index in [1.807, 2.05) is 60.7 Å². The lowest BCUT2D eigenvalue weighted by Gasteiger charge is -2.31. The maximum absolute atomic E-state index is 13.5. The highest BCUT2D eigenvalue weighted by atomic mass is 16.5. The molecule has 3 aromatic carbocycles. The van der Waals surface area contributed by atoms with Gasteiger partial charge >= 0.3 is 0 Å². The Morgan fingerprint density at radius 3 is 2.49 bits per heavy atom. The number of hydrogen-bond acceptors (Lipinski definition) is 5. The van der Waals surface area contributed by atoms with Crippen molar-refractivity contribution in [2.45, 2.75) is 37.8 Å². The number of amides is 1. The minimum atomic E-state index is -0.0775. The van der Waals surface area contributed by atoms with Crippen molar-refractivity contribution < 1.29 is 14.3 Å². The van der Waals surface area contributed by atoms with Crippen molar-refractivity contribution in [2.75, 3.05) is 33.4 Å². The van der Waals surface area contributed by atoms with Crippen LogP contribution in [0.1, 0.15) is 47.6 Å². The van der Waals surface area contributed by atoms with Gasteiger partial charge in [0.25, 0.3) is 5.91 Å². The number of fused-ring (bicyclic) bond motifs is 1. The van der Waals surface area contributed by atoms with E-state index in [9.17, 15) is 4.79 Å². The largest absolute Gasteiger partial charge is 0.490 e. The topological polar surface area (TPSA) is 79.5 Å². The molecule has 1 atom stereocenters. The third-order valence-corrected chi connectivity index (χ3v) is 8.10. The average molecular weight is 525 g/mol. The highest BCUT2D eigenvalue weighted by molar-refractivity contribution is 6.01. The number of benzene rings is 3. The van der Waals surface area contributed by atoms with E-state index >= 15 is 0 Å². The van der Waals surface area contributed by atoms with Crippen molar-refractivity contribution in [1.29, 1.82) is 0 Å². The van der Waals surface area contributed by atoms with E-state index < -0.39 is 0 Å². The van der Waals surface area contributed by atoms with E-state index in [1.165, 1.54) is 0 Å². The number of H-pyrrole nitrogens is 1. The molecule has 7 heteroatoms. The van der Waals surface area contributed by atoms with Crippen LogP contribution < -0.4 is 10.1 Å². The molecule has 3 heterocycles. The SMILES string of the molecule is CN1CCC(Oc2ccc(-c3n[nH]c4ccc(C(=O)NC(c5ccccc5)C5CCOCC5)cc34)cc2)CC1. The van der Waals surface area contributed by atoms with Crippen LogP contribution in [-0.2, 0) is 4.74 Å². The molecular formula is C32H36N4O3. The van der Waals surface area contributed by atoms with Gasteiger partial charge < -0.3 is 19.7 Å². The van der Waals surface area contributed by atoms with Gasteiger partial charge in [-0.25, -0.2) is 0 Å². The van der Waals surface area contributed by atoms with Gasteiger partial charge in [-0.05, 0) is 86.7 Å². The van der Waals surface area contributed by atoms with Crippen LogP contribution in [-0.4, -0.2) is 60.5 Å². The summed E-state index contributed by atoms with van der Waals surface area (Å²) in [5.41, 5.74) is 4.47. The minimum Gasteiger partial charge on any atom is -0.490 e. The second-order valence-electron chi connectivity index (χ2n) is 10.8. The van der Waals surface area contributed by atoms with E-state index in [2.05, 4.69) is 39.6 Å². The molecule has 1 amide bonds. The van der Waals surface area contributed by atoms with Crippen molar-refractivity contribution in [2.24, 2.45) is 5.92 Å². The Morgan fingerprint density at radius 2 is 1.74 bits per heavy atom. The van der Waals surface area contributed by atoms with Crippen LogP contribution in [0.5, 0.6) is 5.75 Å². The number of piperidine rings is 1. The number of aromatic amines is 1. The van der Waals surface area contributed by atoms with Crippen LogP contribution in [0.25, 0.3) is 22.2 Å². The highest BCUT2D eigenvalue weighted by Crippen LogP contribution is 2.32. The monoisotopic (exact) mass is 524 g/mol. The fourth-order valence-electron chi connectivity index (χ4n) is 5.77. The zero-order chi connectivity index (χ0) is 26.6. The number of ether oxygens (including phenoxy) is 2. The molecule has 2 fully saturated rings. The lowest BCUT2D eigenvalue weighted by molar-refractivity contribution is 0.0514. The fraction of sp³-hybridized carbons (Fsp3) is 0.375. The van der Waals surface area contributed by atoms with Crippen molar-refractivity contribution in [1.82, 2.24) is 20.4 Å². The van der Waals surface area contributed by atoms with Gasteiger partial charge in [0, 0.05) is 42.8 Å². The molecule has 2 aliphatic rings. The van der Waals surface area contributed by atoms with Gasteiger partial charge in [0.15, 0.2) is 0 Å². The Kier molecular flexibility index (Phi) is 7.61. The number of hydrogen-bond donors (Lipinski definition) is 2. The first kappa shape index (κ1) is 25.6. The van der Waals surface area contributed by atoms with E-state index in [-0.39, 0.29) is 18.1 Å². The Bertz CT molecular complexity index is 1390. The minimum absolute atomic E-state index is 0.0563. The second kappa shape index (κ2) is 11.6. The summed E-state index contributed by atoms with van der Waals surface area (Å²) in [6, 6.07) is 24.1. The fourth-order valence-corrected chi connectivity index (χ4v) is 5.77. The lowest BCUT2D eigenvalue weighted by atomic mass is 9.87. The van der Waals surface area contributed by atoms with Crippen LogP contribution in [0.2, 0.25) is 0 Å². The molecule has 2 N–H and O–H groups in total. The summed E-state index contributed by atoms with van der Waals surface area (Å²) in [5.74, 6) is 1.15. The predicted octanol–water partition coefficient (Wildman–Crippen LogP) is 5.60. The quantitative estimate of drug-likeness (QED) is 0.329. The molecule has 0 aliphatic carbocycles. The molecule has 2 aliphatic heterocycles. The van der Waals surface area contributed by atoms with E-state index in [4.69, 9.17) is 9.47 Å². The van der Waals surface area contributed by atoms with Crippen molar-refractivity contribution in [3.05, 3.63) is 83.9 Å². The number of nitrogens with zero attached hydrogens (tertiary/aromatic N) is 2. The smallest absolute Gasteiger partial charge is 0.251 e. The molecule has 7 nitrogen and oxygen atoms in total. The third-order valence-electron chi connectivity index (χ3n) is 8.10. The lowest BCUT2D eigenvalue weighted by Crippen LogP contribution is -2.36. The molecule has 0 radical (unpaired) electrons. The molecular weight excluding hydrogens is 488 g/mol. The Balaban J connectivity index is 1.21. The van der Waals surface area contributed by atoms with Crippen molar-refractivity contribution in [3.8, 4) is 17.0 Å². The van der Waals surface area contributed by atoms with Gasteiger partial charge in [-0.3, -0.25) is 9.89 Å². The molecule has 2 saturated heterocycles. The summed E-state index contributed by atoms with van der Waals surface area (Å²) in [7, 11) is 2.15. The molecule has 1 aromatic heterocycles. The first-order valence-electron chi connectivity index (χ1n) is 14.0. The number of aromatic nitrogens is 2. The van der Waals surface area contributed by atoms with Gasteiger partial charge in [-0.1, -0.05) is 30.3 Å². The molecule has 0 bridgehead atoms. The first-order valence-corrected chi connectivity index (χ1v) is 14.0. The normalized spacial score (nSPS) is 18.2. The molecule has 0 saturated carbocycles. The standard InChI is InChI=1S/C32H36N4O3/c1-36-17-13-27(14-18-36)39-26-10-7-23(8-11-26)31-28-21-25(9-12-29(28)34-35-31)32(37)33-30(22-5-3-2-4-6-22)24-15-19-38-20-16-24/h2-12,21,24,27,30H,13-20H2,1H3,(H,33,37)(H,34,35). The summed E-state index contributed by atoms with van der Waals surface area (Å²) in [6.45, 7) is 3.60. The van der Waals surface area contributed by atoms with Crippen LogP contribution in [0, 0.1) is 5.92 Å². The molecule has 6 rings (SSSR count). The number of carbonyl (C=O) groups is 1. The number of rotatable bonds is 7. The second-order valence-corrected chi connectivity index (χ2v) is 10.8. The van der Waals surface area contributed by atoms with Gasteiger partial charge in [-0.15, -0.1) is 0 Å². The summed E-state index contributed by atoms with van der Waals surface area (Å²) in [5, 5.41) is 12.0. The van der Waals surface area contributed by atoms with Gasteiger partial charge in [0.05, 0.1) is 17.3 Å². The Hall–Kier alpha value is -3.68. The van der Waals surface area contributed by atoms with Gasteiger partial charge in [0.1, 0.15) is 11.9 Å². The summed E-state index contributed by atoms with van der Waals surface area (Å²) >= 11 is 0. The zero-order valence-electron chi connectivity index (χ0n) is 22.4. The van der Waals surface area contributed by atoms with Crippen molar-refractivity contribution >= 4 is 16.8 Å². The van der Waals surface area contributed by atoms with Crippen LogP contribution in [0.3, 0.4) is 0 Å². The molecule has 202 valence electrons. The zero-order valence-corrected chi connectivity index (χ0v) is 22.4. The summed E-state index contributed by atoms with van der Waals surface area (Å²) in [4.78, 5) is 15.9.